The number of aromatic nitrogens is 2. The van der Waals surface area contributed by atoms with Gasteiger partial charge in [0.1, 0.15) is 13.2 Å². The predicted octanol–water partition coefficient (Wildman–Crippen LogP) is 1.88. The summed E-state index contributed by atoms with van der Waals surface area (Å²) in [6, 6.07) is 0. The Kier molecular flexibility index (Phi) is 3.58. The van der Waals surface area contributed by atoms with E-state index in [0.717, 1.165) is 25.7 Å². The summed E-state index contributed by atoms with van der Waals surface area (Å²) < 4.78 is 44.8. The van der Waals surface area contributed by atoms with Crippen molar-refractivity contribution >= 4 is 0 Å². The van der Waals surface area contributed by atoms with Crippen LogP contribution in [0.4, 0.5) is 13.2 Å². The summed E-state index contributed by atoms with van der Waals surface area (Å²) in [6.45, 7) is -1.69. The summed E-state index contributed by atoms with van der Waals surface area (Å²) in [4.78, 5) is 3.99. The zero-order chi connectivity index (χ0) is 13.2. The van der Waals surface area contributed by atoms with E-state index in [1.165, 1.54) is 0 Å². The molecular formula is C10H14F3N3O2. The zero-order valence-electron chi connectivity index (χ0n) is 9.66. The molecule has 102 valence electrons. The molecule has 0 spiro atoms. The molecule has 0 atom stereocenters. The van der Waals surface area contributed by atoms with E-state index < -0.39 is 18.3 Å². The van der Waals surface area contributed by atoms with Crippen LogP contribution in [0.15, 0.2) is 4.52 Å². The highest BCUT2D eigenvalue weighted by molar-refractivity contribution is 5.06. The van der Waals surface area contributed by atoms with Gasteiger partial charge in [-0.15, -0.1) is 0 Å². The number of hydrogen-bond donors (Lipinski definition) is 1. The van der Waals surface area contributed by atoms with Gasteiger partial charge in [0.05, 0.1) is 5.54 Å². The van der Waals surface area contributed by atoms with Crippen LogP contribution in [0.3, 0.4) is 0 Å². The number of nitrogens with zero attached hydrogens (tertiary/aromatic N) is 2. The molecule has 1 aromatic rings. The van der Waals surface area contributed by atoms with E-state index >= 15 is 0 Å². The van der Waals surface area contributed by atoms with Crippen LogP contribution >= 0.6 is 0 Å². The van der Waals surface area contributed by atoms with E-state index in [1.807, 2.05) is 0 Å². The molecule has 0 bridgehead atoms. The molecule has 8 heteroatoms. The smallest absolute Gasteiger partial charge is 0.362 e. The lowest BCUT2D eigenvalue weighted by atomic mass is 9.99. The van der Waals surface area contributed by atoms with Gasteiger partial charge < -0.3 is 15.0 Å². The molecule has 0 aliphatic heterocycles. The highest BCUT2D eigenvalue weighted by atomic mass is 19.4. The van der Waals surface area contributed by atoms with Crippen molar-refractivity contribution in [3.63, 3.8) is 0 Å². The van der Waals surface area contributed by atoms with Crippen LogP contribution in [0.2, 0.25) is 0 Å². The molecule has 18 heavy (non-hydrogen) atoms. The maximum atomic E-state index is 11.9. The fourth-order valence-corrected chi connectivity index (χ4v) is 2.00. The van der Waals surface area contributed by atoms with E-state index in [0.29, 0.717) is 5.82 Å². The zero-order valence-corrected chi connectivity index (χ0v) is 9.66. The van der Waals surface area contributed by atoms with E-state index in [1.54, 1.807) is 0 Å². The molecule has 0 unspecified atom stereocenters. The van der Waals surface area contributed by atoms with Crippen molar-refractivity contribution in [3.05, 3.63) is 11.7 Å². The summed E-state index contributed by atoms with van der Waals surface area (Å²) in [5.41, 5.74) is 5.48. The molecule has 1 aliphatic carbocycles. The number of hydrogen-bond acceptors (Lipinski definition) is 5. The average molecular weight is 265 g/mol. The first-order valence-electron chi connectivity index (χ1n) is 5.65. The van der Waals surface area contributed by atoms with Crippen molar-refractivity contribution in [2.75, 3.05) is 6.61 Å². The third kappa shape index (κ3) is 3.20. The molecular weight excluding hydrogens is 251 g/mol. The Morgan fingerprint density at radius 1 is 1.33 bits per heavy atom. The molecule has 0 aromatic carbocycles. The Labute approximate surface area is 101 Å². The lowest BCUT2D eigenvalue weighted by Gasteiger charge is -2.17. The minimum atomic E-state index is -4.36. The van der Waals surface area contributed by atoms with E-state index in [2.05, 4.69) is 14.9 Å². The Bertz CT molecular complexity index is 399. The summed E-state index contributed by atoms with van der Waals surface area (Å²) >= 11 is 0. The number of halogens is 3. The monoisotopic (exact) mass is 265 g/mol. The van der Waals surface area contributed by atoms with Crippen molar-refractivity contribution in [2.24, 2.45) is 5.73 Å². The fourth-order valence-electron chi connectivity index (χ4n) is 2.00. The van der Waals surface area contributed by atoms with Crippen molar-refractivity contribution in [2.45, 2.75) is 44.0 Å². The van der Waals surface area contributed by atoms with Gasteiger partial charge in [0.2, 0.25) is 0 Å². The van der Waals surface area contributed by atoms with Gasteiger partial charge in [0.15, 0.2) is 5.82 Å². The van der Waals surface area contributed by atoms with Crippen LogP contribution in [-0.4, -0.2) is 22.9 Å². The van der Waals surface area contributed by atoms with Crippen LogP contribution < -0.4 is 5.73 Å². The minimum Gasteiger partial charge on any atom is -0.362 e. The number of ether oxygens (including phenoxy) is 1. The molecule has 0 saturated heterocycles. The normalized spacial score (nSPS) is 19.3. The van der Waals surface area contributed by atoms with E-state index in [-0.39, 0.29) is 12.5 Å². The second kappa shape index (κ2) is 4.85. The highest BCUT2D eigenvalue weighted by Gasteiger charge is 2.36. The maximum absolute atomic E-state index is 11.9. The fraction of sp³-hybridized carbons (Fsp3) is 0.800. The molecule has 1 aromatic heterocycles. The number of alkyl halides is 3. The summed E-state index contributed by atoms with van der Waals surface area (Å²) in [5, 5.41) is 3.71. The van der Waals surface area contributed by atoms with E-state index in [4.69, 9.17) is 10.3 Å². The SMILES string of the molecule is NC1(c2noc(COCC(F)(F)F)n2)CCCC1. The maximum Gasteiger partial charge on any atom is 0.411 e. The van der Waals surface area contributed by atoms with Gasteiger partial charge in [0.25, 0.3) is 5.89 Å². The number of nitrogens with two attached hydrogens (primary N) is 1. The Morgan fingerprint density at radius 3 is 2.61 bits per heavy atom. The lowest BCUT2D eigenvalue weighted by Crippen LogP contribution is -2.34. The van der Waals surface area contributed by atoms with Gasteiger partial charge in [0, 0.05) is 0 Å². The molecule has 1 fully saturated rings. The van der Waals surface area contributed by atoms with Gasteiger partial charge in [-0.05, 0) is 12.8 Å². The molecule has 1 saturated carbocycles. The highest BCUT2D eigenvalue weighted by Crippen LogP contribution is 2.34. The van der Waals surface area contributed by atoms with Gasteiger partial charge in [-0.2, -0.15) is 18.2 Å². The minimum absolute atomic E-state index is 0.0194. The summed E-state index contributed by atoms with van der Waals surface area (Å²) in [6.07, 6.45) is -0.857. The Balaban J connectivity index is 1.90. The predicted molar refractivity (Wildman–Crippen MR) is 54.3 cm³/mol. The van der Waals surface area contributed by atoms with Crippen LogP contribution in [0.1, 0.15) is 37.4 Å². The van der Waals surface area contributed by atoms with Gasteiger partial charge in [-0.1, -0.05) is 18.0 Å². The molecule has 2 N–H and O–H groups in total. The largest absolute Gasteiger partial charge is 0.411 e. The van der Waals surface area contributed by atoms with Crippen LogP contribution in [-0.2, 0) is 16.9 Å². The van der Waals surface area contributed by atoms with Crippen LogP contribution in [0.25, 0.3) is 0 Å². The van der Waals surface area contributed by atoms with Crippen molar-refractivity contribution in [1.82, 2.24) is 10.1 Å². The third-order valence-electron chi connectivity index (χ3n) is 2.90. The van der Waals surface area contributed by atoms with Gasteiger partial charge in [-0.3, -0.25) is 0 Å². The topological polar surface area (TPSA) is 74.2 Å². The first kappa shape index (κ1) is 13.3. The van der Waals surface area contributed by atoms with Gasteiger partial charge >= 0.3 is 6.18 Å². The first-order chi connectivity index (χ1) is 8.39. The Hall–Kier alpha value is -1.15. The quantitative estimate of drug-likeness (QED) is 0.899. The summed E-state index contributed by atoms with van der Waals surface area (Å²) in [7, 11) is 0. The van der Waals surface area contributed by atoms with Gasteiger partial charge in [-0.25, -0.2) is 0 Å². The Morgan fingerprint density at radius 2 is 2.00 bits per heavy atom. The standard InChI is InChI=1S/C10H14F3N3O2/c11-10(12,13)6-17-5-7-15-8(16-18-7)9(14)3-1-2-4-9/h1-6,14H2. The average Bonchev–Trinajstić information content (AvgIpc) is 2.86. The third-order valence-corrected chi connectivity index (χ3v) is 2.90. The second-order valence-electron chi connectivity index (χ2n) is 4.48. The molecule has 5 nitrogen and oxygen atoms in total. The van der Waals surface area contributed by atoms with Crippen molar-refractivity contribution in [1.29, 1.82) is 0 Å². The molecule has 2 rings (SSSR count). The first-order valence-corrected chi connectivity index (χ1v) is 5.65. The molecule has 0 amide bonds. The molecule has 1 heterocycles. The van der Waals surface area contributed by atoms with Crippen LogP contribution in [0.5, 0.6) is 0 Å². The summed E-state index contributed by atoms with van der Waals surface area (Å²) in [5.74, 6) is 0.372. The molecule has 1 aliphatic rings. The number of rotatable bonds is 4. The van der Waals surface area contributed by atoms with E-state index in [9.17, 15) is 13.2 Å². The second-order valence-corrected chi connectivity index (χ2v) is 4.48. The lowest BCUT2D eigenvalue weighted by molar-refractivity contribution is -0.178. The molecule has 0 radical (unpaired) electrons. The van der Waals surface area contributed by atoms with Crippen LogP contribution in [0, 0.1) is 0 Å². The van der Waals surface area contributed by atoms with Crippen molar-refractivity contribution in [3.8, 4) is 0 Å². The van der Waals surface area contributed by atoms with Crippen molar-refractivity contribution < 1.29 is 22.4 Å².